The molecule has 94 valence electrons. The molecular weight excluding hydrogens is 264 g/mol. The van der Waals surface area contributed by atoms with Crippen LogP contribution in [0.4, 0.5) is 0 Å². The molecule has 0 aliphatic heterocycles. The summed E-state index contributed by atoms with van der Waals surface area (Å²) in [6.45, 7) is 0. The van der Waals surface area contributed by atoms with Crippen LogP contribution in [0.25, 0.3) is 11.6 Å². The fourth-order valence-corrected chi connectivity index (χ4v) is 1.74. The fraction of sp³-hybridized carbons (Fsp3) is 0.0769. The summed E-state index contributed by atoms with van der Waals surface area (Å²) in [6.07, 6.45) is 0.616. The minimum Gasteiger partial charge on any atom is -0.332 e. The molecule has 5 nitrogen and oxygen atoms in total. The van der Waals surface area contributed by atoms with Crippen molar-refractivity contribution in [1.82, 2.24) is 20.3 Å². The fourth-order valence-electron chi connectivity index (χ4n) is 1.64. The van der Waals surface area contributed by atoms with Crippen LogP contribution in [0.1, 0.15) is 11.4 Å². The van der Waals surface area contributed by atoms with E-state index in [0.717, 1.165) is 5.56 Å². The highest BCUT2D eigenvalue weighted by molar-refractivity contribution is 6.29. The highest BCUT2D eigenvalue weighted by Gasteiger charge is 2.10. The van der Waals surface area contributed by atoms with Crippen molar-refractivity contribution < 1.29 is 4.52 Å². The highest BCUT2D eigenvalue weighted by Crippen LogP contribution is 2.16. The lowest BCUT2D eigenvalue weighted by Crippen LogP contribution is -1.91. The molecule has 0 bridgehead atoms. The Bertz CT molecular complexity index is 667. The van der Waals surface area contributed by atoms with Crippen LogP contribution in [0.2, 0.25) is 5.15 Å². The third-order valence-corrected chi connectivity index (χ3v) is 2.73. The zero-order valence-corrected chi connectivity index (χ0v) is 10.6. The maximum atomic E-state index is 5.67. The van der Waals surface area contributed by atoms with Gasteiger partial charge in [0.05, 0.1) is 0 Å². The quantitative estimate of drug-likeness (QED) is 0.733. The molecule has 3 aromatic rings. The molecule has 0 saturated carbocycles. The van der Waals surface area contributed by atoms with Crippen LogP contribution < -0.4 is 0 Å². The molecule has 0 saturated heterocycles. The Kier molecular flexibility index (Phi) is 3.20. The maximum absolute atomic E-state index is 5.67. The zero-order chi connectivity index (χ0) is 13.1. The molecule has 1 aromatic carbocycles. The van der Waals surface area contributed by atoms with Crippen LogP contribution in [-0.2, 0) is 6.42 Å². The van der Waals surface area contributed by atoms with Crippen molar-refractivity contribution in [2.75, 3.05) is 0 Å². The summed E-state index contributed by atoms with van der Waals surface area (Å²) in [7, 11) is 0. The first-order valence-electron chi connectivity index (χ1n) is 5.67. The van der Waals surface area contributed by atoms with Crippen LogP contribution in [0.5, 0.6) is 0 Å². The number of halogens is 1. The van der Waals surface area contributed by atoms with Crippen LogP contribution in [-0.4, -0.2) is 20.3 Å². The molecule has 0 radical (unpaired) electrons. The van der Waals surface area contributed by atoms with Crippen molar-refractivity contribution in [3.05, 3.63) is 59.0 Å². The van der Waals surface area contributed by atoms with Crippen LogP contribution in [0.3, 0.4) is 0 Å². The standard InChI is InChI=1S/C13H9ClN4O/c14-11-7-6-10(16-17-11)13-15-12(18-19-13)8-9-4-2-1-3-5-9/h1-7H,8H2. The molecule has 2 heterocycles. The van der Waals surface area contributed by atoms with Gasteiger partial charge in [-0.1, -0.05) is 47.1 Å². The second-order valence-electron chi connectivity index (χ2n) is 3.92. The molecular formula is C13H9ClN4O. The molecule has 0 aliphatic carbocycles. The lowest BCUT2D eigenvalue weighted by molar-refractivity contribution is 0.422. The summed E-state index contributed by atoms with van der Waals surface area (Å²) in [5.41, 5.74) is 1.63. The van der Waals surface area contributed by atoms with E-state index >= 15 is 0 Å². The van der Waals surface area contributed by atoms with Crippen molar-refractivity contribution in [2.45, 2.75) is 6.42 Å². The zero-order valence-electron chi connectivity index (χ0n) is 9.82. The Hall–Kier alpha value is -2.27. The van der Waals surface area contributed by atoms with E-state index in [9.17, 15) is 0 Å². The maximum Gasteiger partial charge on any atom is 0.278 e. The predicted molar refractivity (Wildman–Crippen MR) is 69.6 cm³/mol. The van der Waals surface area contributed by atoms with Gasteiger partial charge in [-0.05, 0) is 17.7 Å². The topological polar surface area (TPSA) is 64.7 Å². The smallest absolute Gasteiger partial charge is 0.278 e. The Morgan fingerprint density at radius 1 is 1.00 bits per heavy atom. The second kappa shape index (κ2) is 5.16. The summed E-state index contributed by atoms with van der Waals surface area (Å²) >= 11 is 5.67. The van der Waals surface area contributed by atoms with E-state index in [2.05, 4.69) is 20.3 Å². The lowest BCUT2D eigenvalue weighted by Gasteiger charge is -1.94. The summed E-state index contributed by atoms with van der Waals surface area (Å²) in [5, 5.41) is 11.9. The Balaban J connectivity index is 1.82. The summed E-state index contributed by atoms with van der Waals surface area (Å²) in [4.78, 5) is 4.28. The first kappa shape index (κ1) is 11.8. The first-order valence-corrected chi connectivity index (χ1v) is 6.05. The molecule has 0 unspecified atom stereocenters. The average Bonchev–Trinajstić information content (AvgIpc) is 2.89. The van der Waals surface area contributed by atoms with E-state index in [0.29, 0.717) is 29.0 Å². The second-order valence-corrected chi connectivity index (χ2v) is 4.31. The molecule has 0 atom stereocenters. The third-order valence-electron chi connectivity index (χ3n) is 2.52. The van der Waals surface area contributed by atoms with Gasteiger partial charge in [-0.15, -0.1) is 10.2 Å². The third kappa shape index (κ3) is 2.77. The lowest BCUT2D eigenvalue weighted by atomic mass is 10.1. The predicted octanol–water partition coefficient (Wildman–Crippen LogP) is 2.77. The van der Waals surface area contributed by atoms with Gasteiger partial charge in [-0.2, -0.15) is 4.98 Å². The number of nitrogens with zero attached hydrogens (tertiary/aromatic N) is 4. The SMILES string of the molecule is Clc1ccc(-c2nc(Cc3ccccc3)no2)nn1. The van der Waals surface area contributed by atoms with E-state index in [1.165, 1.54) is 0 Å². The van der Waals surface area contributed by atoms with Crippen LogP contribution in [0.15, 0.2) is 47.0 Å². The molecule has 2 aromatic heterocycles. The number of hydrogen-bond acceptors (Lipinski definition) is 5. The largest absolute Gasteiger partial charge is 0.332 e. The van der Waals surface area contributed by atoms with Crippen molar-refractivity contribution in [1.29, 1.82) is 0 Å². The number of rotatable bonds is 3. The number of aromatic nitrogens is 4. The van der Waals surface area contributed by atoms with Gasteiger partial charge in [-0.25, -0.2) is 0 Å². The summed E-state index contributed by atoms with van der Waals surface area (Å²) in [6, 6.07) is 13.3. The molecule has 6 heteroatoms. The van der Waals surface area contributed by atoms with Crippen molar-refractivity contribution in [2.24, 2.45) is 0 Å². The Morgan fingerprint density at radius 2 is 1.84 bits per heavy atom. The van der Waals surface area contributed by atoms with Gasteiger partial charge < -0.3 is 4.52 Å². The molecule has 0 N–H and O–H groups in total. The van der Waals surface area contributed by atoms with E-state index in [1.54, 1.807) is 12.1 Å². The molecule has 3 rings (SSSR count). The first-order chi connectivity index (χ1) is 9.31. The van der Waals surface area contributed by atoms with E-state index in [-0.39, 0.29) is 0 Å². The Morgan fingerprint density at radius 3 is 2.58 bits per heavy atom. The molecule has 0 spiro atoms. The average molecular weight is 273 g/mol. The summed E-state index contributed by atoms with van der Waals surface area (Å²) < 4.78 is 5.16. The Labute approximate surface area is 114 Å². The van der Waals surface area contributed by atoms with Crippen molar-refractivity contribution in [3.8, 4) is 11.6 Å². The van der Waals surface area contributed by atoms with Crippen molar-refractivity contribution in [3.63, 3.8) is 0 Å². The van der Waals surface area contributed by atoms with Crippen LogP contribution in [0, 0.1) is 0 Å². The molecule has 19 heavy (non-hydrogen) atoms. The minimum atomic E-state index is 0.327. The van der Waals surface area contributed by atoms with E-state index in [4.69, 9.17) is 16.1 Å². The molecule has 0 amide bonds. The normalized spacial score (nSPS) is 10.6. The van der Waals surface area contributed by atoms with Gasteiger partial charge in [0, 0.05) is 6.42 Å². The van der Waals surface area contributed by atoms with Gasteiger partial charge in [0.25, 0.3) is 5.89 Å². The number of benzene rings is 1. The van der Waals surface area contributed by atoms with Gasteiger partial charge >= 0.3 is 0 Å². The summed E-state index contributed by atoms with van der Waals surface area (Å²) in [5.74, 6) is 0.952. The minimum absolute atomic E-state index is 0.327. The van der Waals surface area contributed by atoms with Gasteiger partial charge in [0.15, 0.2) is 16.7 Å². The highest BCUT2D eigenvalue weighted by atomic mass is 35.5. The number of hydrogen-bond donors (Lipinski definition) is 0. The van der Waals surface area contributed by atoms with Crippen LogP contribution >= 0.6 is 11.6 Å². The van der Waals surface area contributed by atoms with E-state index < -0.39 is 0 Å². The van der Waals surface area contributed by atoms with Gasteiger partial charge in [-0.3, -0.25) is 0 Å². The molecule has 0 fully saturated rings. The van der Waals surface area contributed by atoms with E-state index in [1.807, 2.05) is 30.3 Å². The van der Waals surface area contributed by atoms with Gasteiger partial charge in [0.1, 0.15) is 0 Å². The van der Waals surface area contributed by atoms with Gasteiger partial charge in [0.2, 0.25) is 0 Å². The monoisotopic (exact) mass is 272 g/mol. The van der Waals surface area contributed by atoms with Crippen molar-refractivity contribution >= 4 is 11.6 Å². The molecule has 0 aliphatic rings.